The van der Waals surface area contributed by atoms with Gasteiger partial charge in [-0.05, 0) is 12.1 Å². The quantitative estimate of drug-likeness (QED) is 0.581. The van der Waals surface area contributed by atoms with Gasteiger partial charge in [0.15, 0.2) is 5.17 Å². The van der Waals surface area contributed by atoms with Crippen LogP contribution >= 0.6 is 11.8 Å². The second-order valence-electron chi connectivity index (χ2n) is 5.18. The fraction of sp³-hybridized carbons (Fsp3) is 0.235. The molecule has 2 rings (SSSR count). The predicted molar refractivity (Wildman–Crippen MR) is 101 cm³/mol. The molecule has 0 saturated carbocycles. The molecule has 1 aliphatic heterocycles. The number of ether oxygens (including phenoxy) is 1. The van der Waals surface area contributed by atoms with Crippen LogP contribution in [0.1, 0.15) is 16.8 Å². The van der Waals surface area contributed by atoms with Crippen LogP contribution in [0.3, 0.4) is 0 Å². The number of amides is 2. The highest BCUT2D eigenvalue weighted by Gasteiger charge is 2.25. The Labute approximate surface area is 154 Å². The van der Waals surface area contributed by atoms with E-state index in [1.165, 1.54) is 12.0 Å². The molecule has 0 bridgehead atoms. The lowest BCUT2D eigenvalue weighted by Crippen LogP contribution is -2.40. The number of thioether (sulfide) groups is 1. The Bertz CT molecular complexity index is 791. The Kier molecular flexibility index (Phi) is 6.67. The molecule has 0 unspecified atom stereocenters. The Balaban J connectivity index is 2.05. The van der Waals surface area contributed by atoms with E-state index in [1.807, 2.05) is 0 Å². The second-order valence-corrected chi connectivity index (χ2v) is 6.13. The van der Waals surface area contributed by atoms with Crippen molar-refractivity contribution in [2.45, 2.75) is 6.42 Å². The first-order chi connectivity index (χ1) is 12.5. The van der Waals surface area contributed by atoms with Crippen molar-refractivity contribution in [3.63, 3.8) is 0 Å². The molecule has 0 atom stereocenters. The van der Waals surface area contributed by atoms with Crippen LogP contribution in [0.4, 0.5) is 5.69 Å². The highest BCUT2D eigenvalue weighted by Crippen LogP contribution is 2.19. The molecule has 1 heterocycles. The molecule has 0 aliphatic carbocycles. The molecular weight excluding hydrogens is 356 g/mol. The molecule has 136 valence electrons. The van der Waals surface area contributed by atoms with E-state index in [0.717, 1.165) is 11.8 Å². The van der Waals surface area contributed by atoms with Crippen molar-refractivity contribution in [2.24, 2.45) is 4.99 Å². The van der Waals surface area contributed by atoms with E-state index >= 15 is 0 Å². The highest BCUT2D eigenvalue weighted by atomic mass is 32.2. The smallest absolute Gasteiger partial charge is 0.339 e. The summed E-state index contributed by atoms with van der Waals surface area (Å²) in [6.07, 6.45) is 1.52. The van der Waals surface area contributed by atoms with Gasteiger partial charge in [-0.3, -0.25) is 15.0 Å². The maximum Gasteiger partial charge on any atom is 0.339 e. The number of carbonyl (C=O) groups excluding carboxylic acids is 3. The lowest BCUT2D eigenvalue weighted by Gasteiger charge is -2.27. The average molecular weight is 374 g/mol. The Hall–Kier alpha value is -2.94. The summed E-state index contributed by atoms with van der Waals surface area (Å²) in [4.78, 5) is 41.0. The van der Waals surface area contributed by atoms with Crippen molar-refractivity contribution in [3.8, 4) is 0 Å². The number of hydrogen-bond acceptors (Lipinski definition) is 6. The number of amidine groups is 2. The minimum absolute atomic E-state index is 0.0391. The van der Waals surface area contributed by atoms with Gasteiger partial charge in [0.1, 0.15) is 5.84 Å². The van der Waals surface area contributed by atoms with E-state index in [4.69, 9.17) is 5.41 Å². The number of hydrogen-bond donors (Lipinski definition) is 2. The molecule has 2 amide bonds. The maximum absolute atomic E-state index is 12.2. The van der Waals surface area contributed by atoms with Gasteiger partial charge in [-0.25, -0.2) is 4.79 Å². The molecule has 0 saturated heterocycles. The summed E-state index contributed by atoms with van der Waals surface area (Å²) in [6.45, 7) is 3.94. The van der Waals surface area contributed by atoms with E-state index < -0.39 is 11.9 Å². The molecule has 26 heavy (non-hydrogen) atoms. The highest BCUT2D eigenvalue weighted by molar-refractivity contribution is 8.14. The second kappa shape index (κ2) is 8.95. The number of nitrogens with zero attached hydrogens (tertiary/aromatic N) is 2. The number of aliphatic imine (C=N–C) groups is 1. The number of nitrogens with one attached hydrogen (secondary N) is 2. The molecule has 0 aromatic heterocycles. The van der Waals surface area contributed by atoms with Gasteiger partial charge in [-0.15, -0.1) is 6.58 Å². The fourth-order valence-electron chi connectivity index (χ4n) is 2.18. The van der Waals surface area contributed by atoms with Gasteiger partial charge in [0.25, 0.3) is 5.91 Å². The number of carbonyl (C=O) groups is 3. The standard InChI is InChI=1S/C17H18N4O4S/c1-3-8-21-13(18)9-14(22)20-17(21)26-10-15(23)19-12-7-5-4-6-11(12)16(24)25-2/h3-7,18H,1,8-10H2,2H3,(H,19,23). The van der Waals surface area contributed by atoms with E-state index in [0.29, 0.717) is 12.2 Å². The van der Waals surface area contributed by atoms with E-state index in [9.17, 15) is 14.4 Å². The van der Waals surface area contributed by atoms with Gasteiger partial charge in [-0.2, -0.15) is 4.99 Å². The van der Waals surface area contributed by atoms with Crippen molar-refractivity contribution in [3.05, 3.63) is 42.5 Å². The summed E-state index contributed by atoms with van der Waals surface area (Å²) in [5.41, 5.74) is 0.580. The Morgan fingerprint density at radius 3 is 2.88 bits per heavy atom. The summed E-state index contributed by atoms with van der Waals surface area (Å²) in [5.74, 6) is -1.28. The van der Waals surface area contributed by atoms with Crippen LogP contribution < -0.4 is 5.32 Å². The van der Waals surface area contributed by atoms with E-state index in [-0.39, 0.29) is 34.6 Å². The van der Waals surface area contributed by atoms with Crippen LogP contribution in [-0.2, 0) is 14.3 Å². The third kappa shape index (κ3) is 4.79. The maximum atomic E-state index is 12.2. The number of rotatable bonds is 6. The summed E-state index contributed by atoms with van der Waals surface area (Å²) < 4.78 is 4.69. The van der Waals surface area contributed by atoms with Crippen LogP contribution in [0.5, 0.6) is 0 Å². The molecule has 0 fully saturated rings. The number of anilines is 1. The van der Waals surface area contributed by atoms with Gasteiger partial charge < -0.3 is 15.0 Å². The zero-order valence-electron chi connectivity index (χ0n) is 14.2. The molecule has 1 aromatic rings. The number of para-hydroxylation sites is 1. The summed E-state index contributed by atoms with van der Waals surface area (Å²) in [5, 5.41) is 10.8. The molecule has 1 aromatic carbocycles. The number of esters is 1. The normalized spacial score (nSPS) is 13.9. The summed E-state index contributed by atoms with van der Waals surface area (Å²) in [7, 11) is 1.26. The Morgan fingerprint density at radius 2 is 2.19 bits per heavy atom. The van der Waals surface area contributed by atoms with Gasteiger partial charge in [0.2, 0.25) is 5.91 Å². The van der Waals surface area contributed by atoms with E-state index in [2.05, 4.69) is 21.6 Å². The molecule has 0 spiro atoms. The first-order valence-corrected chi connectivity index (χ1v) is 8.62. The summed E-state index contributed by atoms with van der Waals surface area (Å²) in [6, 6.07) is 6.49. The van der Waals surface area contributed by atoms with Crippen molar-refractivity contribution < 1.29 is 19.1 Å². The van der Waals surface area contributed by atoms with Crippen molar-refractivity contribution >= 4 is 46.2 Å². The van der Waals surface area contributed by atoms with Crippen LogP contribution in [0.2, 0.25) is 0 Å². The van der Waals surface area contributed by atoms with Gasteiger partial charge >= 0.3 is 5.97 Å². The predicted octanol–water partition coefficient (Wildman–Crippen LogP) is 1.90. The average Bonchev–Trinajstić information content (AvgIpc) is 2.62. The van der Waals surface area contributed by atoms with E-state index in [1.54, 1.807) is 30.3 Å². The van der Waals surface area contributed by atoms with Crippen LogP contribution in [0.15, 0.2) is 41.9 Å². The third-order valence-corrected chi connectivity index (χ3v) is 4.32. The zero-order chi connectivity index (χ0) is 19.1. The lowest BCUT2D eigenvalue weighted by atomic mass is 10.2. The number of methoxy groups -OCH3 is 1. The fourth-order valence-corrected chi connectivity index (χ4v) is 3.02. The van der Waals surface area contributed by atoms with Gasteiger partial charge in [-0.1, -0.05) is 30.0 Å². The monoisotopic (exact) mass is 374 g/mol. The minimum atomic E-state index is -0.554. The molecule has 2 N–H and O–H groups in total. The first-order valence-electron chi connectivity index (χ1n) is 7.63. The van der Waals surface area contributed by atoms with Gasteiger partial charge in [0.05, 0.1) is 30.5 Å². The summed E-state index contributed by atoms with van der Waals surface area (Å²) >= 11 is 1.04. The van der Waals surface area contributed by atoms with Gasteiger partial charge in [0, 0.05) is 6.54 Å². The lowest BCUT2D eigenvalue weighted by molar-refractivity contribution is -0.117. The van der Waals surface area contributed by atoms with Crippen molar-refractivity contribution in [1.82, 2.24) is 4.90 Å². The largest absolute Gasteiger partial charge is 0.465 e. The molecule has 1 aliphatic rings. The third-order valence-electron chi connectivity index (χ3n) is 3.35. The topological polar surface area (TPSA) is 112 Å². The zero-order valence-corrected chi connectivity index (χ0v) is 15.0. The van der Waals surface area contributed by atoms with Crippen molar-refractivity contribution in [2.75, 3.05) is 24.7 Å². The van der Waals surface area contributed by atoms with Crippen LogP contribution in [0.25, 0.3) is 0 Å². The van der Waals surface area contributed by atoms with Crippen molar-refractivity contribution in [1.29, 1.82) is 5.41 Å². The molecule has 9 heteroatoms. The van der Waals surface area contributed by atoms with Crippen LogP contribution in [0, 0.1) is 5.41 Å². The Morgan fingerprint density at radius 1 is 1.46 bits per heavy atom. The van der Waals surface area contributed by atoms with Crippen LogP contribution in [-0.4, -0.2) is 53.1 Å². The number of benzene rings is 1. The minimum Gasteiger partial charge on any atom is -0.465 e. The molecular formula is C17H18N4O4S. The molecule has 0 radical (unpaired) electrons. The SMILES string of the molecule is C=CCN1C(=N)CC(=O)N=C1SCC(=O)Nc1ccccc1C(=O)OC. The molecule has 8 nitrogen and oxygen atoms in total. The first kappa shape index (κ1) is 19.4.